The number of ether oxygens (including phenoxy) is 1. The van der Waals surface area contributed by atoms with Gasteiger partial charge in [-0.2, -0.15) is 4.31 Å². The van der Waals surface area contributed by atoms with E-state index in [0.29, 0.717) is 18.0 Å². The molecule has 1 unspecified atom stereocenters. The lowest BCUT2D eigenvalue weighted by Crippen LogP contribution is -2.48. The second-order valence-corrected chi connectivity index (χ2v) is 7.70. The first kappa shape index (κ1) is 14.4. The van der Waals surface area contributed by atoms with Crippen LogP contribution in [0.4, 0.5) is 0 Å². The summed E-state index contributed by atoms with van der Waals surface area (Å²) in [6, 6.07) is -0.717. The Hall–Kier alpha value is -0.990. The summed E-state index contributed by atoms with van der Waals surface area (Å²) in [5.41, 5.74) is 0. The van der Waals surface area contributed by atoms with Gasteiger partial charge in [0.2, 0.25) is 0 Å². The number of thiazole rings is 1. The standard InChI is InChI=1S/C11H16N2O4S2/c1-8-12-7-10(18-8)19(15,16)13-6-4-3-5-9(13)11(14)17-2/h7,9H,3-6H2,1-2H3. The molecule has 0 N–H and O–H groups in total. The number of piperidine rings is 1. The van der Waals surface area contributed by atoms with Gasteiger partial charge in [-0.25, -0.2) is 13.4 Å². The molecule has 1 aliphatic rings. The summed E-state index contributed by atoms with van der Waals surface area (Å²) < 4.78 is 31.2. The molecule has 0 spiro atoms. The van der Waals surface area contributed by atoms with Gasteiger partial charge >= 0.3 is 5.97 Å². The van der Waals surface area contributed by atoms with Crippen LogP contribution in [-0.2, 0) is 19.6 Å². The van der Waals surface area contributed by atoms with Crippen molar-refractivity contribution in [3.63, 3.8) is 0 Å². The summed E-state index contributed by atoms with van der Waals surface area (Å²) in [7, 11) is -2.38. The fourth-order valence-electron chi connectivity index (χ4n) is 2.14. The average Bonchev–Trinajstić information content (AvgIpc) is 2.85. The van der Waals surface area contributed by atoms with Crippen molar-refractivity contribution < 1.29 is 17.9 Å². The highest BCUT2D eigenvalue weighted by atomic mass is 32.2. The number of aryl methyl sites for hydroxylation is 1. The lowest BCUT2D eigenvalue weighted by Gasteiger charge is -2.32. The third-order valence-electron chi connectivity index (χ3n) is 3.09. The Balaban J connectivity index is 2.34. The van der Waals surface area contributed by atoms with E-state index in [9.17, 15) is 13.2 Å². The fraction of sp³-hybridized carbons (Fsp3) is 0.636. The summed E-state index contributed by atoms with van der Waals surface area (Å²) in [5, 5.41) is 0.685. The van der Waals surface area contributed by atoms with E-state index in [1.165, 1.54) is 17.6 Å². The number of sulfonamides is 1. The zero-order valence-electron chi connectivity index (χ0n) is 10.8. The van der Waals surface area contributed by atoms with Gasteiger partial charge in [-0.1, -0.05) is 0 Å². The van der Waals surface area contributed by atoms with Crippen LogP contribution < -0.4 is 0 Å². The maximum absolute atomic E-state index is 12.5. The predicted molar refractivity (Wildman–Crippen MR) is 70.4 cm³/mol. The summed E-state index contributed by atoms with van der Waals surface area (Å²) >= 11 is 1.12. The minimum atomic E-state index is -3.66. The highest BCUT2D eigenvalue weighted by Crippen LogP contribution is 2.28. The van der Waals surface area contributed by atoms with E-state index in [4.69, 9.17) is 4.74 Å². The molecule has 1 atom stereocenters. The van der Waals surface area contributed by atoms with Gasteiger partial charge in [0.05, 0.1) is 18.3 Å². The van der Waals surface area contributed by atoms with Crippen LogP contribution in [0.2, 0.25) is 0 Å². The third kappa shape index (κ3) is 2.80. The first-order valence-electron chi connectivity index (χ1n) is 5.99. The maximum atomic E-state index is 12.5. The number of hydrogen-bond donors (Lipinski definition) is 0. The van der Waals surface area contributed by atoms with Crippen LogP contribution in [0.3, 0.4) is 0 Å². The Morgan fingerprint density at radius 2 is 2.26 bits per heavy atom. The molecular formula is C11H16N2O4S2. The molecule has 6 nitrogen and oxygen atoms in total. The van der Waals surface area contributed by atoms with Gasteiger partial charge in [0.1, 0.15) is 6.04 Å². The summed E-state index contributed by atoms with van der Waals surface area (Å²) in [5.74, 6) is -0.496. The van der Waals surface area contributed by atoms with Gasteiger partial charge in [-0.05, 0) is 26.2 Å². The molecule has 0 radical (unpaired) electrons. The fourth-order valence-corrected chi connectivity index (χ4v) is 5.03. The monoisotopic (exact) mass is 304 g/mol. The lowest BCUT2D eigenvalue weighted by molar-refractivity contribution is -0.146. The Morgan fingerprint density at radius 1 is 1.53 bits per heavy atom. The van der Waals surface area contributed by atoms with Crippen molar-refractivity contribution in [2.24, 2.45) is 0 Å². The quantitative estimate of drug-likeness (QED) is 0.783. The topological polar surface area (TPSA) is 76.6 Å². The molecule has 1 saturated heterocycles. The molecule has 2 rings (SSSR count). The molecule has 0 bridgehead atoms. The SMILES string of the molecule is COC(=O)C1CCCCN1S(=O)(=O)c1cnc(C)s1. The van der Waals surface area contributed by atoms with Gasteiger partial charge in [0.25, 0.3) is 10.0 Å². The Bertz CT molecular complexity index is 567. The van der Waals surface area contributed by atoms with Gasteiger partial charge < -0.3 is 4.74 Å². The first-order valence-corrected chi connectivity index (χ1v) is 8.24. The minimum absolute atomic E-state index is 0.181. The van der Waals surface area contributed by atoms with Crippen molar-refractivity contribution >= 4 is 27.3 Å². The van der Waals surface area contributed by atoms with Crippen LogP contribution in [-0.4, -0.2) is 43.4 Å². The summed E-state index contributed by atoms with van der Waals surface area (Å²) in [4.78, 5) is 15.7. The first-order chi connectivity index (χ1) is 8.96. The Morgan fingerprint density at radius 3 is 2.84 bits per heavy atom. The van der Waals surface area contributed by atoms with Crippen LogP contribution >= 0.6 is 11.3 Å². The van der Waals surface area contributed by atoms with Crippen molar-refractivity contribution in [3.8, 4) is 0 Å². The van der Waals surface area contributed by atoms with Crippen LogP contribution in [0.5, 0.6) is 0 Å². The van der Waals surface area contributed by atoms with Crippen LogP contribution in [0.15, 0.2) is 10.4 Å². The summed E-state index contributed by atoms with van der Waals surface area (Å²) in [6.07, 6.45) is 3.43. The van der Waals surface area contributed by atoms with Gasteiger partial charge in [-0.3, -0.25) is 4.79 Å². The maximum Gasteiger partial charge on any atom is 0.324 e. The van der Waals surface area contributed by atoms with Gasteiger partial charge in [0, 0.05) is 6.54 Å². The molecule has 19 heavy (non-hydrogen) atoms. The molecule has 1 aliphatic heterocycles. The van der Waals surface area contributed by atoms with E-state index in [-0.39, 0.29) is 4.21 Å². The van der Waals surface area contributed by atoms with Crippen molar-refractivity contribution in [1.82, 2.24) is 9.29 Å². The molecule has 0 aliphatic carbocycles. The number of rotatable bonds is 3. The minimum Gasteiger partial charge on any atom is -0.468 e. The van der Waals surface area contributed by atoms with E-state index in [1.807, 2.05) is 0 Å². The smallest absolute Gasteiger partial charge is 0.324 e. The van der Waals surface area contributed by atoms with Crippen LogP contribution in [0.1, 0.15) is 24.3 Å². The largest absolute Gasteiger partial charge is 0.468 e. The second-order valence-electron chi connectivity index (χ2n) is 4.35. The second kappa shape index (κ2) is 5.56. The van der Waals surface area contributed by atoms with Crippen LogP contribution in [0.25, 0.3) is 0 Å². The van der Waals surface area contributed by atoms with Crippen molar-refractivity contribution in [1.29, 1.82) is 0 Å². The third-order valence-corrected chi connectivity index (χ3v) is 6.35. The van der Waals surface area contributed by atoms with E-state index in [1.54, 1.807) is 6.92 Å². The van der Waals surface area contributed by atoms with Crippen molar-refractivity contribution in [2.75, 3.05) is 13.7 Å². The molecule has 2 heterocycles. The molecule has 106 valence electrons. The molecular weight excluding hydrogens is 288 g/mol. The number of nitrogens with zero attached hydrogens (tertiary/aromatic N) is 2. The lowest BCUT2D eigenvalue weighted by atomic mass is 10.1. The summed E-state index contributed by atoms with van der Waals surface area (Å²) in [6.45, 7) is 2.09. The van der Waals surface area contributed by atoms with E-state index >= 15 is 0 Å². The average molecular weight is 304 g/mol. The van der Waals surface area contributed by atoms with Gasteiger partial charge in [-0.15, -0.1) is 11.3 Å². The molecule has 0 saturated carbocycles. The van der Waals surface area contributed by atoms with Gasteiger partial charge in [0.15, 0.2) is 4.21 Å². The molecule has 0 aromatic carbocycles. The number of carbonyl (C=O) groups is 1. The normalized spacial score (nSPS) is 21.3. The van der Waals surface area contributed by atoms with E-state index < -0.39 is 22.0 Å². The Kier molecular flexibility index (Phi) is 4.22. The molecule has 8 heteroatoms. The molecule has 0 amide bonds. The zero-order valence-corrected chi connectivity index (χ0v) is 12.5. The highest BCUT2D eigenvalue weighted by molar-refractivity contribution is 7.91. The van der Waals surface area contributed by atoms with E-state index in [0.717, 1.165) is 24.2 Å². The number of hydrogen-bond acceptors (Lipinski definition) is 6. The number of aromatic nitrogens is 1. The zero-order chi connectivity index (χ0) is 14.0. The molecule has 1 aromatic heterocycles. The number of carbonyl (C=O) groups excluding carboxylic acids is 1. The number of methoxy groups -OCH3 is 1. The number of esters is 1. The Labute approximate surface area is 116 Å². The highest BCUT2D eigenvalue weighted by Gasteiger charge is 2.39. The molecule has 1 fully saturated rings. The predicted octanol–water partition coefficient (Wildman–Crippen LogP) is 1.17. The van der Waals surface area contributed by atoms with E-state index in [2.05, 4.69) is 4.98 Å². The van der Waals surface area contributed by atoms with Crippen molar-refractivity contribution in [3.05, 3.63) is 11.2 Å². The van der Waals surface area contributed by atoms with Crippen molar-refractivity contribution in [2.45, 2.75) is 36.4 Å². The molecule has 1 aromatic rings. The van der Waals surface area contributed by atoms with Crippen LogP contribution in [0, 0.1) is 6.92 Å².